The van der Waals surface area contributed by atoms with Crippen molar-refractivity contribution in [1.29, 1.82) is 0 Å². The van der Waals surface area contributed by atoms with Gasteiger partial charge in [0.25, 0.3) is 5.91 Å². The number of rotatable bonds is 5. The van der Waals surface area contributed by atoms with Gasteiger partial charge < -0.3 is 10.1 Å². The van der Waals surface area contributed by atoms with Crippen molar-refractivity contribution >= 4 is 11.6 Å². The van der Waals surface area contributed by atoms with Gasteiger partial charge in [-0.1, -0.05) is 48.5 Å². The molecule has 0 radical (unpaired) electrons. The third-order valence-electron chi connectivity index (χ3n) is 4.48. The van der Waals surface area contributed by atoms with Crippen LogP contribution in [0.15, 0.2) is 54.6 Å². The Kier molecular flexibility index (Phi) is 5.55. The van der Waals surface area contributed by atoms with Crippen LogP contribution in [0.3, 0.4) is 0 Å². The van der Waals surface area contributed by atoms with E-state index < -0.39 is 0 Å². The molecule has 27 heavy (non-hydrogen) atoms. The maximum absolute atomic E-state index is 13.1. The van der Waals surface area contributed by atoms with E-state index in [1.807, 2.05) is 82.3 Å². The number of ether oxygens (including phenoxy) is 1. The highest BCUT2D eigenvalue weighted by atomic mass is 16.5. The molecule has 0 saturated carbocycles. The molecule has 0 saturated heterocycles. The second-order valence-electron chi connectivity index (χ2n) is 6.72. The van der Waals surface area contributed by atoms with Gasteiger partial charge in [-0.25, -0.2) is 0 Å². The fraction of sp³-hybridized carbons (Fsp3) is 0.217. The van der Waals surface area contributed by atoms with Gasteiger partial charge in [-0.15, -0.1) is 0 Å². The number of carbonyl (C=O) groups is 1. The Hall–Kier alpha value is -3.14. The van der Waals surface area contributed by atoms with E-state index in [0.29, 0.717) is 23.6 Å². The number of hydrogen-bond acceptors (Lipinski definition) is 3. The van der Waals surface area contributed by atoms with E-state index in [1.165, 1.54) is 0 Å². The summed E-state index contributed by atoms with van der Waals surface area (Å²) >= 11 is 0. The Labute approximate surface area is 160 Å². The Morgan fingerprint density at radius 2 is 1.63 bits per heavy atom. The van der Waals surface area contributed by atoms with Crippen molar-refractivity contribution in [1.82, 2.24) is 4.98 Å². The molecule has 2 aromatic carbocycles. The van der Waals surface area contributed by atoms with Crippen molar-refractivity contribution < 1.29 is 9.53 Å². The van der Waals surface area contributed by atoms with E-state index in [1.54, 1.807) is 0 Å². The van der Waals surface area contributed by atoms with Crippen LogP contribution in [-0.2, 0) is 6.61 Å². The number of anilines is 1. The third kappa shape index (κ3) is 4.34. The summed E-state index contributed by atoms with van der Waals surface area (Å²) < 4.78 is 6.00. The van der Waals surface area contributed by atoms with Crippen molar-refractivity contribution in [3.05, 3.63) is 88.2 Å². The standard InChI is InChI=1S/C23H24N2O2/c1-15-9-8-10-16(2)22(15)25-23(26)21-18(4)24-17(3)13-20(21)27-14-19-11-6-5-7-12-19/h5-13H,14H2,1-4H3,(H,25,26). The van der Waals surface area contributed by atoms with Crippen LogP contribution in [0.5, 0.6) is 5.75 Å². The number of aromatic nitrogens is 1. The monoisotopic (exact) mass is 360 g/mol. The van der Waals surface area contributed by atoms with Crippen LogP contribution in [0.4, 0.5) is 5.69 Å². The predicted molar refractivity (Wildman–Crippen MR) is 108 cm³/mol. The maximum atomic E-state index is 13.1. The number of benzene rings is 2. The van der Waals surface area contributed by atoms with Gasteiger partial charge in [0.2, 0.25) is 0 Å². The minimum atomic E-state index is -0.208. The summed E-state index contributed by atoms with van der Waals surface area (Å²) in [7, 11) is 0. The number of para-hydroxylation sites is 1. The lowest BCUT2D eigenvalue weighted by atomic mass is 10.1. The van der Waals surface area contributed by atoms with Crippen LogP contribution in [-0.4, -0.2) is 10.9 Å². The van der Waals surface area contributed by atoms with Crippen molar-refractivity contribution in [2.75, 3.05) is 5.32 Å². The van der Waals surface area contributed by atoms with E-state index in [4.69, 9.17) is 4.74 Å². The lowest BCUT2D eigenvalue weighted by Crippen LogP contribution is -2.17. The zero-order valence-corrected chi connectivity index (χ0v) is 16.2. The van der Waals surface area contributed by atoms with Gasteiger partial charge in [-0.05, 0) is 44.4 Å². The number of nitrogens with one attached hydrogen (secondary N) is 1. The summed E-state index contributed by atoms with van der Waals surface area (Å²) in [5, 5.41) is 3.03. The minimum absolute atomic E-state index is 0.208. The first-order valence-electron chi connectivity index (χ1n) is 8.98. The van der Waals surface area contributed by atoms with Crippen molar-refractivity contribution in [3.8, 4) is 5.75 Å². The number of nitrogens with zero attached hydrogens (tertiary/aromatic N) is 1. The van der Waals surface area contributed by atoms with Gasteiger partial charge >= 0.3 is 0 Å². The molecule has 0 aliphatic carbocycles. The SMILES string of the molecule is Cc1cc(OCc2ccccc2)c(C(=O)Nc2c(C)cccc2C)c(C)n1. The van der Waals surface area contributed by atoms with Gasteiger partial charge in [0.1, 0.15) is 17.9 Å². The highest BCUT2D eigenvalue weighted by Gasteiger charge is 2.19. The quantitative estimate of drug-likeness (QED) is 0.685. The molecule has 0 aliphatic rings. The molecule has 0 bridgehead atoms. The molecule has 1 aromatic heterocycles. The lowest BCUT2D eigenvalue weighted by Gasteiger charge is -2.16. The molecule has 1 heterocycles. The topological polar surface area (TPSA) is 51.2 Å². The number of amides is 1. The molecule has 4 nitrogen and oxygen atoms in total. The number of pyridine rings is 1. The molecule has 0 fully saturated rings. The zero-order valence-electron chi connectivity index (χ0n) is 16.2. The molecule has 1 amide bonds. The number of hydrogen-bond donors (Lipinski definition) is 1. The van der Waals surface area contributed by atoms with Crippen LogP contribution in [0, 0.1) is 27.7 Å². The number of carbonyl (C=O) groups excluding carboxylic acids is 1. The second-order valence-corrected chi connectivity index (χ2v) is 6.72. The molecular formula is C23H24N2O2. The lowest BCUT2D eigenvalue weighted by molar-refractivity contribution is 0.102. The predicted octanol–water partition coefficient (Wildman–Crippen LogP) is 5.15. The van der Waals surface area contributed by atoms with Gasteiger partial charge in [-0.3, -0.25) is 9.78 Å². The summed E-state index contributed by atoms with van der Waals surface area (Å²) in [5.41, 5.74) is 5.86. The largest absolute Gasteiger partial charge is 0.488 e. The smallest absolute Gasteiger partial charge is 0.261 e. The van der Waals surface area contributed by atoms with Gasteiger partial charge in [0, 0.05) is 17.4 Å². The first-order valence-corrected chi connectivity index (χ1v) is 8.98. The second kappa shape index (κ2) is 8.04. The summed E-state index contributed by atoms with van der Waals surface area (Å²) in [6.45, 7) is 8.09. The first-order chi connectivity index (χ1) is 13.0. The Balaban J connectivity index is 1.90. The molecule has 4 heteroatoms. The van der Waals surface area contributed by atoms with E-state index in [2.05, 4.69) is 10.3 Å². The fourth-order valence-electron chi connectivity index (χ4n) is 3.11. The van der Waals surface area contributed by atoms with Gasteiger partial charge in [0.15, 0.2) is 0 Å². The van der Waals surface area contributed by atoms with E-state index in [-0.39, 0.29) is 5.91 Å². The first kappa shape index (κ1) is 18.6. The molecule has 0 atom stereocenters. The van der Waals surface area contributed by atoms with Crippen molar-refractivity contribution in [2.45, 2.75) is 34.3 Å². The minimum Gasteiger partial charge on any atom is -0.488 e. The molecule has 138 valence electrons. The van der Waals surface area contributed by atoms with Crippen LogP contribution in [0.2, 0.25) is 0 Å². The average molecular weight is 360 g/mol. The molecule has 0 unspecified atom stereocenters. The highest BCUT2D eigenvalue weighted by molar-refractivity contribution is 6.07. The van der Waals surface area contributed by atoms with Crippen molar-refractivity contribution in [3.63, 3.8) is 0 Å². The molecule has 3 rings (SSSR count). The van der Waals surface area contributed by atoms with E-state index in [0.717, 1.165) is 28.1 Å². The normalized spacial score (nSPS) is 10.5. The zero-order chi connectivity index (χ0) is 19.4. The molecule has 3 aromatic rings. The maximum Gasteiger partial charge on any atom is 0.261 e. The van der Waals surface area contributed by atoms with Crippen LogP contribution >= 0.6 is 0 Å². The summed E-state index contributed by atoms with van der Waals surface area (Å²) in [6, 6.07) is 17.7. The Bertz CT molecular complexity index is 945. The highest BCUT2D eigenvalue weighted by Crippen LogP contribution is 2.26. The van der Waals surface area contributed by atoms with Gasteiger partial charge in [0.05, 0.1) is 5.69 Å². The summed E-state index contributed by atoms with van der Waals surface area (Å²) in [5.74, 6) is 0.341. The Morgan fingerprint density at radius 1 is 0.963 bits per heavy atom. The van der Waals surface area contributed by atoms with Crippen LogP contribution in [0.25, 0.3) is 0 Å². The summed E-state index contributed by atoms with van der Waals surface area (Å²) in [6.07, 6.45) is 0. The Morgan fingerprint density at radius 3 is 2.30 bits per heavy atom. The van der Waals surface area contributed by atoms with E-state index in [9.17, 15) is 4.79 Å². The molecule has 1 N–H and O–H groups in total. The number of aryl methyl sites for hydroxylation is 4. The van der Waals surface area contributed by atoms with Crippen LogP contribution in [0.1, 0.15) is 38.4 Å². The molecule has 0 spiro atoms. The molecular weight excluding hydrogens is 336 g/mol. The van der Waals surface area contributed by atoms with E-state index >= 15 is 0 Å². The van der Waals surface area contributed by atoms with Crippen LogP contribution < -0.4 is 10.1 Å². The van der Waals surface area contributed by atoms with Gasteiger partial charge in [-0.2, -0.15) is 0 Å². The summed E-state index contributed by atoms with van der Waals surface area (Å²) in [4.78, 5) is 17.5. The average Bonchev–Trinajstić information content (AvgIpc) is 2.63. The third-order valence-corrected chi connectivity index (χ3v) is 4.48. The fourth-order valence-corrected chi connectivity index (χ4v) is 3.11. The van der Waals surface area contributed by atoms with Crippen molar-refractivity contribution in [2.24, 2.45) is 0 Å². The molecule has 0 aliphatic heterocycles.